The molecule has 0 aromatic heterocycles. The summed E-state index contributed by atoms with van der Waals surface area (Å²) >= 11 is 0. The minimum atomic E-state index is -0.620. The van der Waals surface area contributed by atoms with Crippen LogP contribution in [0.3, 0.4) is 0 Å². The summed E-state index contributed by atoms with van der Waals surface area (Å²) in [5, 5.41) is 9.01. The number of hydrogen-bond acceptors (Lipinski definition) is 4. The second-order valence-electron chi connectivity index (χ2n) is 4.94. The smallest absolute Gasteiger partial charge is 0.349 e. The summed E-state index contributed by atoms with van der Waals surface area (Å²) in [5.41, 5.74) is 0.0933. The Morgan fingerprint density at radius 2 is 1.84 bits per heavy atom. The van der Waals surface area contributed by atoms with Gasteiger partial charge in [-0.1, -0.05) is 12.1 Å². The molecule has 0 atom stereocenters. The lowest BCUT2D eigenvalue weighted by atomic mass is 10.1. The second-order valence-corrected chi connectivity index (χ2v) is 4.94. The lowest BCUT2D eigenvalue weighted by Gasteiger charge is -2.18. The molecule has 0 bridgehead atoms. The van der Waals surface area contributed by atoms with Crippen LogP contribution in [0.15, 0.2) is 29.8 Å². The van der Waals surface area contributed by atoms with Crippen molar-refractivity contribution in [3.05, 3.63) is 35.4 Å². The van der Waals surface area contributed by atoms with Gasteiger partial charge in [-0.2, -0.15) is 5.26 Å². The normalized spacial score (nSPS) is 11.6. The van der Waals surface area contributed by atoms with Gasteiger partial charge in [-0.3, -0.25) is 0 Å². The fourth-order valence-electron chi connectivity index (χ4n) is 1.34. The quantitative estimate of drug-likeness (QED) is 0.475. The average molecular weight is 259 g/mol. The summed E-state index contributed by atoms with van der Waals surface area (Å²) < 4.78 is 10.2. The van der Waals surface area contributed by atoms with E-state index < -0.39 is 11.6 Å². The fraction of sp³-hybridized carbons (Fsp3) is 0.333. The van der Waals surface area contributed by atoms with Crippen molar-refractivity contribution in [1.82, 2.24) is 0 Å². The number of ether oxygens (including phenoxy) is 2. The molecular weight excluding hydrogens is 242 g/mol. The van der Waals surface area contributed by atoms with E-state index in [1.54, 1.807) is 52.1 Å². The Morgan fingerprint density at radius 1 is 1.26 bits per heavy atom. The Kier molecular flexibility index (Phi) is 4.71. The number of methoxy groups -OCH3 is 1. The van der Waals surface area contributed by atoms with Gasteiger partial charge in [0.2, 0.25) is 0 Å². The highest BCUT2D eigenvalue weighted by Crippen LogP contribution is 2.16. The molecule has 0 saturated carbocycles. The molecule has 4 heteroatoms. The molecule has 1 aromatic rings. The first-order valence-electron chi connectivity index (χ1n) is 5.85. The van der Waals surface area contributed by atoms with E-state index in [-0.39, 0.29) is 5.57 Å². The first-order valence-corrected chi connectivity index (χ1v) is 5.85. The summed E-state index contributed by atoms with van der Waals surface area (Å²) in [6, 6.07) is 8.91. The second kappa shape index (κ2) is 6.05. The Bertz CT molecular complexity index is 516. The fourth-order valence-corrected chi connectivity index (χ4v) is 1.34. The first-order chi connectivity index (χ1) is 8.85. The van der Waals surface area contributed by atoms with Crippen LogP contribution in [-0.4, -0.2) is 18.7 Å². The molecule has 0 aliphatic carbocycles. The third kappa shape index (κ3) is 4.84. The number of esters is 1. The van der Waals surface area contributed by atoms with Crippen molar-refractivity contribution in [2.24, 2.45) is 0 Å². The van der Waals surface area contributed by atoms with Crippen LogP contribution in [-0.2, 0) is 9.53 Å². The maximum atomic E-state index is 11.8. The third-order valence-corrected chi connectivity index (χ3v) is 2.17. The molecule has 0 spiro atoms. The molecule has 0 aliphatic heterocycles. The van der Waals surface area contributed by atoms with E-state index in [0.717, 1.165) is 5.56 Å². The maximum absolute atomic E-state index is 11.8. The van der Waals surface area contributed by atoms with E-state index >= 15 is 0 Å². The van der Waals surface area contributed by atoms with Gasteiger partial charge in [-0.05, 0) is 44.5 Å². The van der Waals surface area contributed by atoms with Crippen LogP contribution in [0.1, 0.15) is 26.3 Å². The Balaban J connectivity index is 2.93. The van der Waals surface area contributed by atoms with Gasteiger partial charge in [0.05, 0.1) is 7.11 Å². The van der Waals surface area contributed by atoms with Crippen molar-refractivity contribution >= 4 is 12.0 Å². The van der Waals surface area contributed by atoms with Crippen LogP contribution in [0.2, 0.25) is 0 Å². The van der Waals surface area contributed by atoms with Gasteiger partial charge in [0.15, 0.2) is 0 Å². The summed E-state index contributed by atoms with van der Waals surface area (Å²) in [6.07, 6.45) is 1.49. The van der Waals surface area contributed by atoms with E-state index in [2.05, 4.69) is 0 Å². The van der Waals surface area contributed by atoms with Gasteiger partial charge in [-0.25, -0.2) is 4.79 Å². The highest BCUT2D eigenvalue weighted by atomic mass is 16.6. The predicted molar refractivity (Wildman–Crippen MR) is 72.4 cm³/mol. The number of benzene rings is 1. The zero-order valence-electron chi connectivity index (χ0n) is 11.6. The van der Waals surface area contributed by atoms with E-state index in [0.29, 0.717) is 5.75 Å². The number of rotatable bonds is 3. The van der Waals surface area contributed by atoms with Gasteiger partial charge in [-0.15, -0.1) is 0 Å². The molecule has 19 heavy (non-hydrogen) atoms. The van der Waals surface area contributed by atoms with Crippen molar-refractivity contribution in [3.8, 4) is 11.8 Å². The van der Waals surface area contributed by atoms with Crippen LogP contribution < -0.4 is 4.74 Å². The number of carbonyl (C=O) groups excluding carboxylic acids is 1. The SMILES string of the molecule is COc1ccc(/C=C(/C#N)C(=O)OC(C)(C)C)cc1. The van der Waals surface area contributed by atoms with Gasteiger partial charge in [0.1, 0.15) is 23.0 Å². The molecule has 0 saturated heterocycles. The van der Waals surface area contributed by atoms with Crippen molar-refractivity contribution in [2.45, 2.75) is 26.4 Å². The summed E-state index contributed by atoms with van der Waals surface area (Å²) in [7, 11) is 1.58. The molecule has 0 radical (unpaired) electrons. The molecule has 0 fully saturated rings. The molecule has 0 unspecified atom stereocenters. The molecule has 0 aliphatic rings. The summed E-state index contributed by atoms with van der Waals surface area (Å²) in [5.74, 6) is 0.0961. The average Bonchev–Trinajstić information content (AvgIpc) is 2.34. The van der Waals surface area contributed by atoms with Gasteiger partial charge in [0.25, 0.3) is 0 Å². The Morgan fingerprint density at radius 3 is 2.26 bits per heavy atom. The third-order valence-electron chi connectivity index (χ3n) is 2.17. The van der Waals surface area contributed by atoms with Crippen LogP contribution in [0.4, 0.5) is 0 Å². The lowest BCUT2D eigenvalue weighted by Crippen LogP contribution is -2.24. The zero-order valence-corrected chi connectivity index (χ0v) is 11.6. The number of carbonyl (C=O) groups is 1. The van der Waals surface area contributed by atoms with Crippen LogP contribution in [0, 0.1) is 11.3 Å². The highest BCUT2D eigenvalue weighted by Gasteiger charge is 2.19. The molecule has 0 heterocycles. The van der Waals surface area contributed by atoms with Crippen molar-refractivity contribution in [1.29, 1.82) is 5.26 Å². The van der Waals surface area contributed by atoms with E-state index in [9.17, 15) is 4.79 Å². The predicted octanol–water partition coefficient (Wildman–Crippen LogP) is 2.94. The van der Waals surface area contributed by atoms with Crippen molar-refractivity contribution in [3.63, 3.8) is 0 Å². The van der Waals surface area contributed by atoms with Crippen LogP contribution in [0.5, 0.6) is 5.75 Å². The number of nitrogens with zero attached hydrogens (tertiary/aromatic N) is 1. The Hall–Kier alpha value is -2.28. The van der Waals surface area contributed by atoms with Crippen LogP contribution >= 0.6 is 0 Å². The van der Waals surface area contributed by atoms with Gasteiger partial charge >= 0.3 is 5.97 Å². The topological polar surface area (TPSA) is 59.3 Å². The van der Waals surface area contributed by atoms with Gasteiger partial charge in [0, 0.05) is 0 Å². The standard InChI is InChI=1S/C15H17NO3/c1-15(2,3)19-14(17)12(10-16)9-11-5-7-13(18-4)8-6-11/h5-9H,1-4H3/b12-9-. The largest absolute Gasteiger partial charge is 0.497 e. The van der Waals surface area contributed by atoms with E-state index in [4.69, 9.17) is 14.7 Å². The zero-order chi connectivity index (χ0) is 14.5. The van der Waals surface area contributed by atoms with Crippen LogP contribution in [0.25, 0.3) is 6.08 Å². The molecule has 100 valence electrons. The monoisotopic (exact) mass is 259 g/mol. The first kappa shape index (κ1) is 14.8. The summed E-state index contributed by atoms with van der Waals surface area (Å²) in [4.78, 5) is 11.8. The van der Waals surface area contributed by atoms with Gasteiger partial charge < -0.3 is 9.47 Å². The maximum Gasteiger partial charge on any atom is 0.349 e. The highest BCUT2D eigenvalue weighted by molar-refractivity contribution is 5.98. The number of hydrogen-bond donors (Lipinski definition) is 0. The van der Waals surface area contributed by atoms with E-state index in [1.807, 2.05) is 6.07 Å². The van der Waals surface area contributed by atoms with Crippen molar-refractivity contribution < 1.29 is 14.3 Å². The molecule has 4 nitrogen and oxygen atoms in total. The molecular formula is C15H17NO3. The molecule has 1 aromatic carbocycles. The minimum absolute atomic E-state index is 0.0277. The Labute approximate surface area is 113 Å². The minimum Gasteiger partial charge on any atom is -0.497 e. The van der Waals surface area contributed by atoms with E-state index in [1.165, 1.54) is 6.08 Å². The number of nitriles is 1. The van der Waals surface area contributed by atoms with Crippen molar-refractivity contribution in [2.75, 3.05) is 7.11 Å². The lowest BCUT2D eigenvalue weighted by molar-refractivity contribution is -0.149. The molecule has 0 N–H and O–H groups in total. The molecule has 0 amide bonds. The molecule has 1 rings (SSSR count). The summed E-state index contributed by atoms with van der Waals surface area (Å²) in [6.45, 7) is 5.27.